The Kier molecular flexibility index (Phi) is 3.65. The summed E-state index contributed by atoms with van der Waals surface area (Å²) in [6.07, 6.45) is 5.49. The van der Waals surface area contributed by atoms with Gasteiger partial charge in [0.2, 0.25) is 5.95 Å². The van der Waals surface area contributed by atoms with E-state index in [0.717, 1.165) is 37.1 Å². The average Bonchev–Trinajstić information content (AvgIpc) is 3.09. The van der Waals surface area contributed by atoms with Gasteiger partial charge in [0.25, 0.3) is 0 Å². The molecule has 0 bridgehead atoms. The predicted molar refractivity (Wildman–Crippen MR) is 90.2 cm³/mol. The molecule has 1 atom stereocenters. The molecule has 1 saturated carbocycles. The van der Waals surface area contributed by atoms with Crippen LogP contribution in [0.5, 0.6) is 0 Å². The second kappa shape index (κ2) is 5.81. The van der Waals surface area contributed by atoms with E-state index in [0.29, 0.717) is 12.0 Å². The molecule has 7 heteroatoms. The van der Waals surface area contributed by atoms with Gasteiger partial charge in [-0.3, -0.25) is 5.10 Å². The van der Waals surface area contributed by atoms with Gasteiger partial charge in [-0.2, -0.15) is 10.1 Å². The minimum Gasteiger partial charge on any atom is -0.339 e. The van der Waals surface area contributed by atoms with Crippen molar-refractivity contribution in [1.82, 2.24) is 25.1 Å². The highest BCUT2D eigenvalue weighted by Gasteiger charge is 2.26. The number of nitrogens with zero attached hydrogens (tertiary/aromatic N) is 5. The fraction of sp³-hybridized carbons (Fsp3) is 0.562. The number of nitrogens with one attached hydrogen (secondary N) is 2. The molecule has 0 aromatic carbocycles. The monoisotopic (exact) mass is 313 g/mol. The van der Waals surface area contributed by atoms with Gasteiger partial charge in [-0.15, -0.1) is 0 Å². The number of anilines is 3. The highest BCUT2D eigenvalue weighted by atomic mass is 15.3. The summed E-state index contributed by atoms with van der Waals surface area (Å²) in [5.41, 5.74) is 1.22. The topological polar surface area (TPSA) is 73.0 Å². The molecular weight excluding hydrogens is 290 g/mol. The molecule has 4 rings (SSSR count). The summed E-state index contributed by atoms with van der Waals surface area (Å²) >= 11 is 0. The summed E-state index contributed by atoms with van der Waals surface area (Å²) in [5.74, 6) is 3.07. The summed E-state index contributed by atoms with van der Waals surface area (Å²) < 4.78 is 0. The Morgan fingerprint density at radius 3 is 2.87 bits per heavy atom. The molecule has 2 N–H and O–H groups in total. The van der Waals surface area contributed by atoms with Crippen LogP contribution in [0.15, 0.2) is 18.3 Å². The first kappa shape index (κ1) is 14.4. The van der Waals surface area contributed by atoms with Gasteiger partial charge >= 0.3 is 0 Å². The van der Waals surface area contributed by atoms with Gasteiger partial charge < -0.3 is 15.1 Å². The number of aromatic nitrogens is 4. The van der Waals surface area contributed by atoms with Gasteiger partial charge in [-0.05, 0) is 39.4 Å². The highest BCUT2D eigenvalue weighted by Crippen LogP contribution is 2.39. The van der Waals surface area contributed by atoms with Crippen LogP contribution in [0.2, 0.25) is 0 Å². The van der Waals surface area contributed by atoms with Crippen molar-refractivity contribution in [2.45, 2.75) is 31.2 Å². The Labute approximate surface area is 136 Å². The van der Waals surface area contributed by atoms with Crippen molar-refractivity contribution < 1.29 is 0 Å². The number of likely N-dealkylation sites (N-methyl/N-ethyl adjacent to an activating group) is 1. The van der Waals surface area contributed by atoms with E-state index in [1.165, 1.54) is 18.5 Å². The minimum absolute atomic E-state index is 0.572. The Hall–Kier alpha value is -2.15. The van der Waals surface area contributed by atoms with Crippen molar-refractivity contribution in [3.05, 3.63) is 24.0 Å². The fourth-order valence-corrected chi connectivity index (χ4v) is 3.05. The second-order valence-electron chi connectivity index (χ2n) is 6.70. The van der Waals surface area contributed by atoms with Gasteiger partial charge in [-0.25, -0.2) is 4.98 Å². The predicted octanol–water partition coefficient (Wildman–Crippen LogP) is 1.96. The lowest BCUT2D eigenvalue weighted by molar-refractivity contribution is 0.315. The molecule has 3 heterocycles. The minimum atomic E-state index is 0.572. The van der Waals surface area contributed by atoms with E-state index >= 15 is 0 Å². The second-order valence-corrected chi connectivity index (χ2v) is 6.70. The Bertz CT molecular complexity index is 677. The van der Waals surface area contributed by atoms with Gasteiger partial charge in [0.05, 0.1) is 0 Å². The summed E-state index contributed by atoms with van der Waals surface area (Å²) in [5, 5.41) is 10.7. The number of hydrogen-bond acceptors (Lipinski definition) is 6. The van der Waals surface area contributed by atoms with Gasteiger partial charge in [0, 0.05) is 43.0 Å². The van der Waals surface area contributed by atoms with Crippen LogP contribution in [-0.4, -0.2) is 58.3 Å². The van der Waals surface area contributed by atoms with Gasteiger partial charge in [0.15, 0.2) is 5.82 Å². The van der Waals surface area contributed by atoms with Crippen LogP contribution >= 0.6 is 0 Å². The van der Waals surface area contributed by atoms with E-state index in [4.69, 9.17) is 0 Å². The van der Waals surface area contributed by atoms with E-state index in [9.17, 15) is 0 Å². The van der Waals surface area contributed by atoms with E-state index < -0.39 is 0 Å². The normalized spacial score (nSPS) is 21.2. The third-order valence-corrected chi connectivity index (χ3v) is 4.69. The first-order valence-corrected chi connectivity index (χ1v) is 8.26. The van der Waals surface area contributed by atoms with Crippen molar-refractivity contribution in [3.63, 3.8) is 0 Å². The average molecular weight is 313 g/mol. The third-order valence-electron chi connectivity index (χ3n) is 4.69. The zero-order chi connectivity index (χ0) is 15.8. The fourth-order valence-electron chi connectivity index (χ4n) is 3.05. The standard InChI is InChI=1S/C16H23N7/c1-22(2)12-6-8-23(10-12)16-17-7-5-14(19-16)18-15-9-13(20-21-15)11-3-4-11/h5,7,9,11-12H,3-4,6,8,10H2,1-2H3,(H2,17,18,19,20,21)/t12-/m0/s1. The van der Waals surface area contributed by atoms with Gasteiger partial charge in [0.1, 0.15) is 5.82 Å². The van der Waals surface area contributed by atoms with E-state index in [2.05, 4.69) is 55.4 Å². The molecule has 23 heavy (non-hydrogen) atoms. The van der Waals surface area contributed by atoms with Crippen LogP contribution in [0.3, 0.4) is 0 Å². The van der Waals surface area contributed by atoms with Crippen LogP contribution in [-0.2, 0) is 0 Å². The van der Waals surface area contributed by atoms with Crippen molar-refractivity contribution in [1.29, 1.82) is 0 Å². The molecular formula is C16H23N7. The maximum Gasteiger partial charge on any atom is 0.227 e. The lowest BCUT2D eigenvalue weighted by Gasteiger charge is -2.20. The SMILES string of the molecule is CN(C)[C@H]1CCN(c2nccc(Nc3cc(C4CC4)[nH]n3)n2)C1. The number of aromatic amines is 1. The molecule has 1 saturated heterocycles. The number of H-pyrrole nitrogens is 1. The van der Waals surface area contributed by atoms with Crippen LogP contribution in [0, 0.1) is 0 Å². The van der Waals surface area contributed by atoms with E-state index in [-0.39, 0.29) is 0 Å². The summed E-state index contributed by atoms with van der Waals surface area (Å²) in [6, 6.07) is 4.54. The largest absolute Gasteiger partial charge is 0.339 e. The van der Waals surface area contributed by atoms with E-state index in [1.54, 1.807) is 0 Å². The zero-order valence-corrected chi connectivity index (χ0v) is 13.7. The Morgan fingerprint density at radius 1 is 1.26 bits per heavy atom. The van der Waals surface area contributed by atoms with Gasteiger partial charge in [-0.1, -0.05) is 0 Å². The molecule has 1 aliphatic carbocycles. The maximum absolute atomic E-state index is 4.64. The summed E-state index contributed by atoms with van der Waals surface area (Å²) in [7, 11) is 4.25. The Morgan fingerprint density at radius 2 is 2.13 bits per heavy atom. The molecule has 2 fully saturated rings. The Balaban J connectivity index is 1.45. The van der Waals surface area contributed by atoms with Crippen molar-refractivity contribution in [2.75, 3.05) is 37.4 Å². The molecule has 122 valence electrons. The molecule has 2 aromatic rings. The summed E-state index contributed by atoms with van der Waals surface area (Å²) in [6.45, 7) is 1.98. The van der Waals surface area contributed by atoms with Crippen LogP contribution in [0.1, 0.15) is 30.9 Å². The molecule has 2 aliphatic rings. The molecule has 7 nitrogen and oxygen atoms in total. The van der Waals surface area contributed by atoms with E-state index in [1.807, 2.05) is 12.3 Å². The first-order valence-electron chi connectivity index (χ1n) is 8.26. The molecule has 0 radical (unpaired) electrons. The lowest BCUT2D eigenvalue weighted by atomic mass is 10.2. The third kappa shape index (κ3) is 3.14. The molecule has 0 unspecified atom stereocenters. The molecule has 1 aliphatic heterocycles. The summed E-state index contributed by atoms with van der Waals surface area (Å²) in [4.78, 5) is 13.6. The van der Waals surface area contributed by atoms with Crippen molar-refractivity contribution >= 4 is 17.6 Å². The number of hydrogen-bond donors (Lipinski definition) is 2. The van der Waals surface area contributed by atoms with Crippen LogP contribution in [0.25, 0.3) is 0 Å². The maximum atomic E-state index is 4.64. The zero-order valence-electron chi connectivity index (χ0n) is 13.7. The first-order chi connectivity index (χ1) is 11.2. The molecule has 0 amide bonds. The molecule has 2 aromatic heterocycles. The van der Waals surface area contributed by atoms with Crippen molar-refractivity contribution in [2.24, 2.45) is 0 Å². The smallest absolute Gasteiger partial charge is 0.227 e. The quantitative estimate of drug-likeness (QED) is 0.879. The molecule has 0 spiro atoms. The lowest BCUT2D eigenvalue weighted by Crippen LogP contribution is -2.32. The van der Waals surface area contributed by atoms with Crippen LogP contribution in [0.4, 0.5) is 17.6 Å². The van der Waals surface area contributed by atoms with Crippen molar-refractivity contribution in [3.8, 4) is 0 Å². The highest BCUT2D eigenvalue weighted by molar-refractivity contribution is 5.53. The van der Waals surface area contributed by atoms with Crippen LogP contribution < -0.4 is 10.2 Å². The number of rotatable bonds is 5.